The number of pyridine rings is 1. The van der Waals surface area contributed by atoms with E-state index in [4.69, 9.17) is 11.6 Å². The molecule has 2 aliphatic rings. The van der Waals surface area contributed by atoms with Gasteiger partial charge in [0.05, 0.1) is 32.0 Å². The van der Waals surface area contributed by atoms with E-state index in [1.165, 1.54) is 11.8 Å². The van der Waals surface area contributed by atoms with Crippen LogP contribution in [0.5, 0.6) is 0 Å². The minimum Gasteiger partial charge on any atom is -0.477 e. The summed E-state index contributed by atoms with van der Waals surface area (Å²) in [5.74, 6) is -1.91. The maximum absolute atomic E-state index is 14.9. The van der Waals surface area contributed by atoms with Gasteiger partial charge in [0.1, 0.15) is 11.4 Å². The standard InChI is InChI=1S/C17H17ClFN3O3S/c1-7-22-13-9(15(23)11(17(24)25)16(22)26-7)5-10(19)14(12(13)18)21-4-3-8(6-21)20-2/h5,7-8,20H,3-4,6H2,1-2H3,(H,24,25). The summed E-state index contributed by atoms with van der Waals surface area (Å²) in [5, 5.41) is 13.0. The van der Waals surface area contributed by atoms with Gasteiger partial charge in [-0.05, 0) is 26.5 Å². The van der Waals surface area contributed by atoms with Crippen LogP contribution in [0.4, 0.5) is 10.1 Å². The molecular weight excluding hydrogens is 381 g/mol. The zero-order chi connectivity index (χ0) is 18.7. The Balaban J connectivity index is 2.01. The number of aromatic carboxylic acids is 1. The summed E-state index contributed by atoms with van der Waals surface area (Å²) in [5.41, 5.74) is -0.328. The number of anilines is 1. The fourth-order valence-electron chi connectivity index (χ4n) is 3.77. The molecule has 0 saturated carbocycles. The molecule has 1 aromatic heterocycles. The predicted octanol–water partition coefficient (Wildman–Crippen LogP) is 2.91. The van der Waals surface area contributed by atoms with Crippen molar-refractivity contribution in [1.82, 2.24) is 9.88 Å². The molecule has 1 fully saturated rings. The number of fused-ring (bicyclic) bond motifs is 3. The molecule has 6 nitrogen and oxygen atoms in total. The van der Waals surface area contributed by atoms with Crippen LogP contribution < -0.4 is 15.6 Å². The van der Waals surface area contributed by atoms with Crippen molar-refractivity contribution in [3.8, 4) is 0 Å². The topological polar surface area (TPSA) is 74.6 Å². The summed E-state index contributed by atoms with van der Waals surface area (Å²) in [6.07, 6.45) is 0.868. The maximum atomic E-state index is 14.9. The largest absolute Gasteiger partial charge is 0.477 e. The zero-order valence-corrected chi connectivity index (χ0v) is 15.7. The van der Waals surface area contributed by atoms with Crippen LogP contribution in [0.2, 0.25) is 5.02 Å². The van der Waals surface area contributed by atoms with Crippen LogP contribution in [0.25, 0.3) is 10.9 Å². The minimum atomic E-state index is -1.31. The lowest BCUT2D eigenvalue weighted by Crippen LogP contribution is -2.31. The number of benzene rings is 1. The Labute approximate surface area is 157 Å². The van der Waals surface area contributed by atoms with Crippen molar-refractivity contribution in [1.29, 1.82) is 0 Å². The number of halogens is 2. The summed E-state index contributed by atoms with van der Waals surface area (Å²) >= 11 is 7.88. The number of thioether (sulfide) groups is 1. The SMILES string of the molecule is CNC1CCN(c2c(F)cc3c(=O)c(C(=O)O)c4n(c3c2Cl)C(C)S4)C1. The summed E-state index contributed by atoms with van der Waals surface area (Å²) in [4.78, 5) is 26.1. The molecule has 0 spiro atoms. The van der Waals surface area contributed by atoms with Gasteiger partial charge in [0, 0.05) is 19.1 Å². The highest BCUT2D eigenvalue weighted by Gasteiger charge is 2.35. The van der Waals surface area contributed by atoms with E-state index in [2.05, 4.69) is 5.32 Å². The average Bonchev–Trinajstić information content (AvgIpc) is 3.04. The fourth-order valence-corrected chi connectivity index (χ4v) is 5.31. The molecule has 2 N–H and O–H groups in total. The number of likely N-dealkylation sites (N-methyl/N-ethyl adjacent to an activating group) is 1. The highest BCUT2D eigenvalue weighted by atomic mass is 35.5. The van der Waals surface area contributed by atoms with Crippen molar-refractivity contribution in [3.63, 3.8) is 0 Å². The lowest BCUT2D eigenvalue weighted by Gasteiger charge is -2.34. The van der Waals surface area contributed by atoms with Crippen LogP contribution in [0.1, 0.15) is 29.1 Å². The molecule has 4 rings (SSSR count). The van der Waals surface area contributed by atoms with Crippen LogP contribution in [-0.2, 0) is 0 Å². The quantitative estimate of drug-likeness (QED) is 0.829. The van der Waals surface area contributed by atoms with E-state index in [0.717, 1.165) is 12.5 Å². The van der Waals surface area contributed by atoms with Crippen LogP contribution in [0, 0.1) is 5.82 Å². The Hall–Kier alpha value is -1.77. The van der Waals surface area contributed by atoms with E-state index in [-0.39, 0.29) is 33.1 Å². The number of carbonyl (C=O) groups is 1. The van der Waals surface area contributed by atoms with Crippen LogP contribution in [-0.4, -0.2) is 41.8 Å². The van der Waals surface area contributed by atoms with Gasteiger partial charge in [0.2, 0.25) is 5.43 Å². The number of nitrogens with zero attached hydrogens (tertiary/aromatic N) is 2. The van der Waals surface area contributed by atoms with Gasteiger partial charge in [-0.3, -0.25) is 4.79 Å². The minimum absolute atomic E-state index is 0.00825. The molecule has 1 saturated heterocycles. The normalized spacial score (nSPS) is 21.8. The van der Waals surface area contributed by atoms with Crippen molar-refractivity contribution >= 4 is 45.9 Å². The van der Waals surface area contributed by atoms with Crippen molar-refractivity contribution < 1.29 is 14.3 Å². The monoisotopic (exact) mass is 397 g/mol. The summed E-state index contributed by atoms with van der Waals surface area (Å²) in [6, 6.07) is 1.37. The Morgan fingerprint density at radius 1 is 1.50 bits per heavy atom. The first kappa shape index (κ1) is 17.6. The molecule has 2 unspecified atom stereocenters. The van der Waals surface area contributed by atoms with E-state index < -0.39 is 17.2 Å². The number of rotatable bonds is 3. The zero-order valence-electron chi connectivity index (χ0n) is 14.2. The molecule has 3 heterocycles. The molecule has 9 heteroatoms. The molecule has 1 aromatic carbocycles. The molecule has 138 valence electrons. The fraction of sp³-hybridized carbons (Fsp3) is 0.412. The van der Waals surface area contributed by atoms with E-state index in [1.807, 2.05) is 18.9 Å². The maximum Gasteiger partial charge on any atom is 0.342 e. The third kappa shape index (κ3) is 2.35. The van der Waals surface area contributed by atoms with Gasteiger partial charge >= 0.3 is 5.97 Å². The average molecular weight is 398 g/mol. The lowest BCUT2D eigenvalue weighted by molar-refractivity contribution is 0.0689. The van der Waals surface area contributed by atoms with Gasteiger partial charge in [-0.1, -0.05) is 23.4 Å². The summed E-state index contributed by atoms with van der Waals surface area (Å²) in [6.45, 7) is 3.16. The van der Waals surface area contributed by atoms with Crippen LogP contribution >= 0.6 is 23.4 Å². The number of hydrogen-bond acceptors (Lipinski definition) is 5. The Morgan fingerprint density at radius 3 is 2.81 bits per heavy atom. The van der Waals surface area contributed by atoms with Crippen LogP contribution in [0.3, 0.4) is 0 Å². The van der Waals surface area contributed by atoms with Crippen molar-refractivity contribution in [3.05, 3.63) is 32.7 Å². The van der Waals surface area contributed by atoms with Gasteiger partial charge in [-0.15, -0.1) is 0 Å². The van der Waals surface area contributed by atoms with Gasteiger partial charge in [-0.25, -0.2) is 9.18 Å². The number of carboxylic acid groups (broad SMARTS) is 1. The summed E-state index contributed by atoms with van der Waals surface area (Å²) in [7, 11) is 1.86. The first-order valence-electron chi connectivity index (χ1n) is 8.27. The van der Waals surface area contributed by atoms with Crippen LogP contribution in [0.15, 0.2) is 15.9 Å². The Kier molecular flexibility index (Phi) is 4.17. The smallest absolute Gasteiger partial charge is 0.342 e. The molecule has 0 radical (unpaired) electrons. The molecule has 2 aromatic rings. The Morgan fingerprint density at radius 2 is 2.23 bits per heavy atom. The van der Waals surface area contributed by atoms with Gasteiger partial charge in [0.25, 0.3) is 0 Å². The van der Waals surface area contributed by atoms with E-state index in [0.29, 0.717) is 23.6 Å². The van der Waals surface area contributed by atoms with E-state index in [1.54, 1.807) is 4.57 Å². The van der Waals surface area contributed by atoms with E-state index in [9.17, 15) is 19.1 Å². The number of aromatic nitrogens is 1. The predicted molar refractivity (Wildman–Crippen MR) is 100 cm³/mol. The number of hydrogen-bond donors (Lipinski definition) is 2. The number of carboxylic acids is 1. The highest BCUT2D eigenvalue weighted by molar-refractivity contribution is 8.00. The molecular formula is C17H17ClFN3O3S. The van der Waals surface area contributed by atoms with Gasteiger partial charge in [-0.2, -0.15) is 0 Å². The first-order valence-corrected chi connectivity index (χ1v) is 9.53. The highest BCUT2D eigenvalue weighted by Crippen LogP contribution is 2.49. The summed E-state index contributed by atoms with van der Waals surface area (Å²) < 4.78 is 16.6. The second-order valence-corrected chi connectivity index (χ2v) is 8.22. The first-order chi connectivity index (χ1) is 12.3. The molecule has 2 aliphatic heterocycles. The van der Waals surface area contributed by atoms with Gasteiger partial charge < -0.3 is 19.9 Å². The third-order valence-corrected chi connectivity index (χ3v) is 6.62. The molecule has 0 bridgehead atoms. The molecule has 0 amide bonds. The number of nitrogens with one attached hydrogen (secondary N) is 1. The van der Waals surface area contributed by atoms with E-state index >= 15 is 0 Å². The van der Waals surface area contributed by atoms with Crippen molar-refractivity contribution in [2.24, 2.45) is 0 Å². The second kappa shape index (κ2) is 6.14. The van der Waals surface area contributed by atoms with Crippen molar-refractivity contribution in [2.75, 3.05) is 25.0 Å². The lowest BCUT2D eigenvalue weighted by atomic mass is 10.1. The van der Waals surface area contributed by atoms with Crippen molar-refractivity contribution in [2.45, 2.75) is 29.8 Å². The molecule has 26 heavy (non-hydrogen) atoms. The Bertz CT molecular complexity index is 1010. The molecule has 2 atom stereocenters. The second-order valence-electron chi connectivity index (χ2n) is 6.54. The van der Waals surface area contributed by atoms with Gasteiger partial charge in [0.15, 0.2) is 0 Å². The molecule has 0 aliphatic carbocycles. The third-order valence-electron chi connectivity index (χ3n) is 5.09.